The zero-order valence-electron chi connectivity index (χ0n) is 12.1. The van der Waals surface area contributed by atoms with Crippen LogP contribution in [-0.2, 0) is 13.0 Å². The van der Waals surface area contributed by atoms with E-state index in [2.05, 4.69) is 37.9 Å². The third-order valence-corrected chi connectivity index (χ3v) is 3.12. The number of anilines is 2. The van der Waals surface area contributed by atoms with E-state index in [4.69, 9.17) is 4.42 Å². The van der Waals surface area contributed by atoms with Crippen LogP contribution in [0.5, 0.6) is 0 Å². The SMILES string of the molecule is c1ccc(CCNc2nncc(NCc3ccco3)n2)cc1. The lowest BCUT2D eigenvalue weighted by molar-refractivity contribution is 0.517. The number of hydrogen-bond donors (Lipinski definition) is 2. The van der Waals surface area contributed by atoms with Gasteiger partial charge in [-0.15, -0.1) is 5.10 Å². The van der Waals surface area contributed by atoms with Crippen LogP contribution in [0.15, 0.2) is 59.3 Å². The number of nitrogens with one attached hydrogen (secondary N) is 2. The smallest absolute Gasteiger partial charge is 0.244 e. The Morgan fingerprint density at radius 3 is 2.73 bits per heavy atom. The van der Waals surface area contributed by atoms with Crippen molar-refractivity contribution in [1.82, 2.24) is 15.2 Å². The Hall–Kier alpha value is -2.89. The molecule has 0 spiro atoms. The first kappa shape index (κ1) is 14.1. The fraction of sp³-hybridized carbons (Fsp3) is 0.188. The Kier molecular flexibility index (Phi) is 4.61. The third-order valence-electron chi connectivity index (χ3n) is 3.12. The second-order valence-corrected chi connectivity index (χ2v) is 4.76. The molecule has 0 amide bonds. The summed E-state index contributed by atoms with van der Waals surface area (Å²) in [5.74, 6) is 2.02. The van der Waals surface area contributed by atoms with Crippen LogP contribution in [0, 0.1) is 0 Å². The van der Waals surface area contributed by atoms with Gasteiger partial charge in [0.15, 0.2) is 5.82 Å². The molecule has 0 atom stereocenters. The highest BCUT2D eigenvalue weighted by molar-refractivity contribution is 5.37. The first-order valence-electron chi connectivity index (χ1n) is 7.14. The van der Waals surface area contributed by atoms with Crippen LogP contribution >= 0.6 is 0 Å². The fourth-order valence-corrected chi connectivity index (χ4v) is 2.02. The van der Waals surface area contributed by atoms with Gasteiger partial charge in [0.25, 0.3) is 0 Å². The molecule has 0 aliphatic heterocycles. The largest absolute Gasteiger partial charge is 0.467 e. The van der Waals surface area contributed by atoms with E-state index in [0.717, 1.165) is 18.7 Å². The number of hydrogen-bond acceptors (Lipinski definition) is 6. The second-order valence-electron chi connectivity index (χ2n) is 4.76. The lowest BCUT2D eigenvalue weighted by Crippen LogP contribution is -2.10. The summed E-state index contributed by atoms with van der Waals surface area (Å²) in [5.41, 5.74) is 1.27. The van der Waals surface area contributed by atoms with E-state index in [1.807, 2.05) is 30.3 Å². The number of benzene rings is 1. The average molecular weight is 295 g/mol. The number of nitrogens with zero attached hydrogens (tertiary/aromatic N) is 3. The monoisotopic (exact) mass is 295 g/mol. The van der Waals surface area contributed by atoms with Gasteiger partial charge < -0.3 is 15.1 Å². The molecule has 0 radical (unpaired) electrons. The van der Waals surface area contributed by atoms with Crippen molar-refractivity contribution in [3.63, 3.8) is 0 Å². The molecule has 0 saturated carbocycles. The van der Waals surface area contributed by atoms with Crippen molar-refractivity contribution in [1.29, 1.82) is 0 Å². The molecule has 1 aromatic carbocycles. The summed E-state index contributed by atoms with van der Waals surface area (Å²) in [6.07, 6.45) is 4.14. The van der Waals surface area contributed by atoms with Crippen molar-refractivity contribution in [2.45, 2.75) is 13.0 Å². The minimum Gasteiger partial charge on any atom is -0.467 e. The average Bonchev–Trinajstić information content (AvgIpc) is 3.08. The van der Waals surface area contributed by atoms with Gasteiger partial charge in [-0.05, 0) is 24.1 Å². The number of furan rings is 1. The quantitative estimate of drug-likeness (QED) is 0.698. The van der Waals surface area contributed by atoms with Gasteiger partial charge in [-0.2, -0.15) is 10.1 Å². The number of rotatable bonds is 7. The van der Waals surface area contributed by atoms with Crippen LogP contribution in [0.25, 0.3) is 0 Å². The Morgan fingerprint density at radius 2 is 1.91 bits per heavy atom. The first-order chi connectivity index (χ1) is 10.9. The van der Waals surface area contributed by atoms with Crippen LogP contribution in [-0.4, -0.2) is 21.7 Å². The van der Waals surface area contributed by atoms with Crippen molar-refractivity contribution in [2.75, 3.05) is 17.2 Å². The van der Waals surface area contributed by atoms with Gasteiger partial charge in [0.1, 0.15) is 5.76 Å². The van der Waals surface area contributed by atoms with Crippen LogP contribution in [0.3, 0.4) is 0 Å². The van der Waals surface area contributed by atoms with E-state index in [0.29, 0.717) is 18.3 Å². The molecule has 22 heavy (non-hydrogen) atoms. The van der Waals surface area contributed by atoms with Gasteiger partial charge in [0.2, 0.25) is 5.95 Å². The normalized spacial score (nSPS) is 10.4. The maximum atomic E-state index is 5.26. The lowest BCUT2D eigenvalue weighted by atomic mass is 10.1. The molecule has 2 heterocycles. The molecule has 3 rings (SSSR count). The maximum absolute atomic E-state index is 5.26. The van der Waals surface area contributed by atoms with Crippen LogP contribution in [0.2, 0.25) is 0 Å². The molecule has 0 bridgehead atoms. The van der Waals surface area contributed by atoms with Gasteiger partial charge in [0.05, 0.1) is 19.0 Å². The van der Waals surface area contributed by atoms with Crippen LogP contribution in [0.1, 0.15) is 11.3 Å². The lowest BCUT2D eigenvalue weighted by Gasteiger charge is -2.06. The predicted molar refractivity (Wildman–Crippen MR) is 84.5 cm³/mol. The summed E-state index contributed by atoms with van der Waals surface area (Å²) < 4.78 is 5.26. The molecule has 112 valence electrons. The summed E-state index contributed by atoms with van der Waals surface area (Å²) >= 11 is 0. The summed E-state index contributed by atoms with van der Waals surface area (Å²) in [7, 11) is 0. The van der Waals surface area contributed by atoms with Gasteiger partial charge in [-0.25, -0.2) is 0 Å². The van der Waals surface area contributed by atoms with Crippen molar-refractivity contribution < 1.29 is 4.42 Å². The number of aromatic nitrogens is 3. The van der Waals surface area contributed by atoms with Crippen LogP contribution in [0.4, 0.5) is 11.8 Å². The second kappa shape index (κ2) is 7.21. The summed E-state index contributed by atoms with van der Waals surface area (Å²) in [5, 5.41) is 14.2. The topological polar surface area (TPSA) is 75.9 Å². The van der Waals surface area contributed by atoms with Crippen molar-refractivity contribution in [2.24, 2.45) is 0 Å². The molecule has 0 unspecified atom stereocenters. The molecule has 0 aliphatic rings. The molecule has 3 aromatic rings. The predicted octanol–water partition coefficient (Wildman–Crippen LogP) is 2.73. The minimum atomic E-state index is 0.514. The van der Waals surface area contributed by atoms with Crippen molar-refractivity contribution >= 4 is 11.8 Å². The molecule has 6 nitrogen and oxygen atoms in total. The molecular weight excluding hydrogens is 278 g/mol. The Morgan fingerprint density at radius 1 is 1.00 bits per heavy atom. The van der Waals surface area contributed by atoms with E-state index in [1.165, 1.54) is 5.56 Å². The highest BCUT2D eigenvalue weighted by Crippen LogP contribution is 2.07. The molecule has 2 N–H and O–H groups in total. The molecule has 0 aliphatic carbocycles. The summed E-state index contributed by atoms with van der Waals surface area (Å²) in [6, 6.07) is 14.0. The highest BCUT2D eigenvalue weighted by Gasteiger charge is 2.01. The van der Waals surface area contributed by atoms with E-state index in [-0.39, 0.29) is 0 Å². The Balaban J connectivity index is 1.50. The van der Waals surface area contributed by atoms with Crippen molar-refractivity contribution in [3.05, 3.63) is 66.2 Å². The van der Waals surface area contributed by atoms with E-state index >= 15 is 0 Å². The third kappa shape index (κ3) is 4.05. The molecule has 2 aromatic heterocycles. The van der Waals surface area contributed by atoms with Gasteiger partial charge in [0, 0.05) is 6.54 Å². The Bertz CT molecular complexity index is 685. The standard InChI is InChI=1S/C16H17N5O/c1-2-5-13(6-3-1)8-9-17-16-20-15(12-19-21-16)18-11-14-7-4-10-22-14/h1-7,10,12H,8-9,11H2,(H2,17,18,20,21). The minimum absolute atomic E-state index is 0.514. The van der Waals surface area contributed by atoms with Gasteiger partial charge >= 0.3 is 0 Å². The van der Waals surface area contributed by atoms with E-state index in [1.54, 1.807) is 12.5 Å². The fourth-order valence-electron chi connectivity index (χ4n) is 2.02. The maximum Gasteiger partial charge on any atom is 0.244 e. The molecular formula is C16H17N5O. The zero-order chi connectivity index (χ0) is 15.0. The molecule has 0 fully saturated rings. The van der Waals surface area contributed by atoms with E-state index in [9.17, 15) is 0 Å². The summed E-state index contributed by atoms with van der Waals surface area (Å²) in [6.45, 7) is 1.32. The molecule has 6 heteroatoms. The van der Waals surface area contributed by atoms with Crippen molar-refractivity contribution in [3.8, 4) is 0 Å². The first-order valence-corrected chi connectivity index (χ1v) is 7.14. The molecule has 0 saturated heterocycles. The van der Waals surface area contributed by atoms with Gasteiger partial charge in [-0.1, -0.05) is 30.3 Å². The highest BCUT2D eigenvalue weighted by atomic mass is 16.3. The Labute approximate surface area is 128 Å². The summed E-state index contributed by atoms with van der Waals surface area (Å²) in [4.78, 5) is 4.37. The van der Waals surface area contributed by atoms with Crippen LogP contribution < -0.4 is 10.6 Å². The zero-order valence-corrected chi connectivity index (χ0v) is 12.1. The van der Waals surface area contributed by atoms with E-state index < -0.39 is 0 Å². The van der Waals surface area contributed by atoms with Gasteiger partial charge in [-0.3, -0.25) is 0 Å².